The molecule has 0 fully saturated rings. The van der Waals surface area contributed by atoms with Crippen molar-refractivity contribution < 1.29 is 18.0 Å². The number of hydrogen-bond acceptors (Lipinski definition) is 4. The van der Waals surface area contributed by atoms with Crippen LogP contribution in [0.15, 0.2) is 83.3 Å². The number of carbonyl (C=O) groups is 2. The van der Waals surface area contributed by atoms with E-state index in [1.807, 2.05) is 82.3 Å². The number of rotatable bonds is 10. The minimum Gasteiger partial charge on any atom is -0.350 e. The average Bonchev–Trinajstić information content (AvgIpc) is 2.85. The van der Waals surface area contributed by atoms with E-state index in [4.69, 9.17) is 0 Å². The van der Waals surface area contributed by atoms with Crippen LogP contribution in [0.5, 0.6) is 0 Å². The molecule has 208 valence electrons. The second-order valence-corrected chi connectivity index (χ2v) is 13.5. The molecule has 7 nitrogen and oxygen atoms in total. The van der Waals surface area contributed by atoms with Crippen LogP contribution < -0.4 is 9.62 Å². The maximum absolute atomic E-state index is 14.0. The zero-order valence-corrected chi connectivity index (χ0v) is 25.4. The van der Waals surface area contributed by atoms with E-state index in [1.54, 1.807) is 24.3 Å². The van der Waals surface area contributed by atoms with Gasteiger partial charge in [-0.05, 0) is 63.1 Å². The molecule has 0 heterocycles. The van der Waals surface area contributed by atoms with Crippen LogP contribution in [0.25, 0.3) is 0 Å². The molecule has 3 aromatic rings. The molecule has 0 spiro atoms. The Morgan fingerprint density at radius 3 is 2.03 bits per heavy atom. The maximum Gasteiger partial charge on any atom is 0.244 e. The van der Waals surface area contributed by atoms with Crippen molar-refractivity contribution in [2.75, 3.05) is 17.1 Å². The number of nitrogens with zero attached hydrogens (tertiary/aromatic N) is 2. The van der Waals surface area contributed by atoms with Crippen LogP contribution in [0.1, 0.15) is 37.5 Å². The summed E-state index contributed by atoms with van der Waals surface area (Å²) in [5.74, 6) is -0.785. The van der Waals surface area contributed by atoms with Gasteiger partial charge in [-0.3, -0.25) is 13.9 Å². The van der Waals surface area contributed by atoms with E-state index in [9.17, 15) is 18.0 Å². The van der Waals surface area contributed by atoms with Crippen molar-refractivity contribution in [2.45, 2.75) is 52.2 Å². The van der Waals surface area contributed by atoms with E-state index < -0.39 is 34.1 Å². The first kappa shape index (κ1) is 30.4. The molecule has 1 atom stereocenters. The van der Waals surface area contributed by atoms with Crippen LogP contribution in [0.2, 0.25) is 0 Å². The topological polar surface area (TPSA) is 86.8 Å². The lowest BCUT2D eigenvalue weighted by atomic mass is 10.0. The third-order valence-corrected chi connectivity index (χ3v) is 7.71. The number of hydrogen-bond donors (Lipinski definition) is 1. The third kappa shape index (κ3) is 9.21. The van der Waals surface area contributed by atoms with Crippen molar-refractivity contribution in [1.82, 2.24) is 10.2 Å². The molecule has 0 aliphatic carbocycles. The normalized spacial score (nSPS) is 12.5. The molecule has 1 N–H and O–H groups in total. The highest BCUT2D eigenvalue weighted by Gasteiger charge is 2.34. The predicted molar refractivity (Wildman–Crippen MR) is 160 cm³/mol. The monoisotopic (exact) mass is 613 g/mol. The molecule has 39 heavy (non-hydrogen) atoms. The van der Waals surface area contributed by atoms with Crippen LogP contribution >= 0.6 is 15.9 Å². The van der Waals surface area contributed by atoms with Gasteiger partial charge in [0.2, 0.25) is 21.8 Å². The van der Waals surface area contributed by atoms with Gasteiger partial charge in [-0.25, -0.2) is 8.42 Å². The van der Waals surface area contributed by atoms with Crippen molar-refractivity contribution >= 4 is 43.5 Å². The van der Waals surface area contributed by atoms with Crippen molar-refractivity contribution in [3.63, 3.8) is 0 Å². The summed E-state index contributed by atoms with van der Waals surface area (Å²) >= 11 is 3.44. The predicted octanol–water partition coefficient (Wildman–Crippen LogP) is 5.08. The first-order valence-electron chi connectivity index (χ1n) is 12.7. The number of sulfonamides is 1. The zero-order chi connectivity index (χ0) is 28.8. The van der Waals surface area contributed by atoms with Gasteiger partial charge in [0.15, 0.2) is 0 Å². The fourth-order valence-corrected chi connectivity index (χ4v) is 5.23. The second kappa shape index (κ2) is 12.8. The number of amides is 2. The van der Waals surface area contributed by atoms with Crippen LogP contribution in [0, 0.1) is 6.92 Å². The minimum atomic E-state index is -3.79. The quantitative estimate of drug-likeness (QED) is 0.345. The van der Waals surface area contributed by atoms with Gasteiger partial charge in [-0.2, -0.15) is 0 Å². The van der Waals surface area contributed by atoms with Crippen LogP contribution in [-0.4, -0.2) is 49.5 Å². The Balaban J connectivity index is 2.06. The van der Waals surface area contributed by atoms with Gasteiger partial charge in [-0.15, -0.1) is 0 Å². The fourth-order valence-electron chi connectivity index (χ4n) is 4.12. The SMILES string of the molecule is Cc1ccc(N(CC(=O)N(Cc2ccc(Br)cc2)C(Cc2ccccc2)C(=O)NC(C)(C)C)S(C)(=O)=O)cc1. The number of halogens is 1. The largest absolute Gasteiger partial charge is 0.350 e. The van der Waals surface area contributed by atoms with E-state index in [-0.39, 0.29) is 18.9 Å². The third-order valence-electron chi connectivity index (χ3n) is 6.04. The standard InChI is InChI=1S/C30H36BrN3O4S/c1-22-11-17-26(18-12-22)34(39(5,37)38)21-28(35)33(20-24-13-15-25(31)16-14-24)27(29(36)32-30(2,3)4)19-23-9-7-6-8-10-23/h6-18,27H,19-21H2,1-5H3,(H,32,36). The summed E-state index contributed by atoms with van der Waals surface area (Å²) in [5, 5.41) is 3.02. The minimum absolute atomic E-state index is 0.132. The van der Waals surface area contributed by atoms with E-state index in [0.29, 0.717) is 5.69 Å². The highest BCUT2D eigenvalue weighted by atomic mass is 79.9. The Kier molecular flexibility index (Phi) is 9.96. The van der Waals surface area contributed by atoms with Gasteiger partial charge in [0.05, 0.1) is 11.9 Å². The highest BCUT2D eigenvalue weighted by molar-refractivity contribution is 9.10. The van der Waals surface area contributed by atoms with Gasteiger partial charge in [0.25, 0.3) is 0 Å². The molecule has 3 aromatic carbocycles. The molecule has 0 aromatic heterocycles. The highest BCUT2D eigenvalue weighted by Crippen LogP contribution is 2.22. The molecular weight excluding hydrogens is 578 g/mol. The van der Waals surface area contributed by atoms with Gasteiger partial charge in [-0.1, -0.05) is 76.1 Å². The molecule has 0 saturated heterocycles. The van der Waals surface area contributed by atoms with Gasteiger partial charge in [0.1, 0.15) is 12.6 Å². The summed E-state index contributed by atoms with van der Waals surface area (Å²) in [6.45, 7) is 7.25. The smallest absolute Gasteiger partial charge is 0.244 e. The Morgan fingerprint density at radius 1 is 0.897 bits per heavy atom. The maximum atomic E-state index is 14.0. The lowest BCUT2D eigenvalue weighted by Crippen LogP contribution is -2.56. The average molecular weight is 615 g/mol. The van der Waals surface area contributed by atoms with Crippen molar-refractivity contribution in [2.24, 2.45) is 0 Å². The Labute approximate surface area is 240 Å². The fraction of sp³-hybridized carbons (Fsp3) is 0.333. The molecule has 0 radical (unpaired) electrons. The molecule has 0 bridgehead atoms. The molecule has 1 unspecified atom stereocenters. The number of nitrogens with one attached hydrogen (secondary N) is 1. The summed E-state index contributed by atoms with van der Waals surface area (Å²) in [6.07, 6.45) is 1.35. The van der Waals surface area contributed by atoms with E-state index in [0.717, 1.165) is 31.7 Å². The summed E-state index contributed by atoms with van der Waals surface area (Å²) in [7, 11) is -3.79. The number of aryl methyl sites for hydroxylation is 1. The molecule has 0 saturated carbocycles. The molecule has 0 aliphatic heterocycles. The summed E-state index contributed by atoms with van der Waals surface area (Å²) in [5.41, 5.74) is 2.53. The summed E-state index contributed by atoms with van der Waals surface area (Å²) < 4.78 is 27.6. The molecule has 0 aliphatic rings. The van der Waals surface area contributed by atoms with E-state index in [2.05, 4.69) is 21.2 Å². The molecule has 9 heteroatoms. The van der Waals surface area contributed by atoms with Gasteiger partial charge < -0.3 is 10.2 Å². The second-order valence-electron chi connectivity index (χ2n) is 10.7. The Bertz CT molecular complexity index is 1370. The Morgan fingerprint density at radius 2 is 1.49 bits per heavy atom. The lowest BCUT2D eigenvalue weighted by Gasteiger charge is -2.35. The first-order chi connectivity index (χ1) is 18.2. The molecule has 3 rings (SSSR count). The summed E-state index contributed by atoms with van der Waals surface area (Å²) in [4.78, 5) is 29.2. The first-order valence-corrected chi connectivity index (χ1v) is 15.3. The van der Waals surface area contributed by atoms with E-state index in [1.165, 1.54) is 4.90 Å². The van der Waals surface area contributed by atoms with Crippen LogP contribution in [0.3, 0.4) is 0 Å². The number of benzene rings is 3. The summed E-state index contributed by atoms with van der Waals surface area (Å²) in [6, 6.07) is 23.1. The molecular formula is C30H36BrN3O4S. The van der Waals surface area contributed by atoms with Gasteiger partial charge in [0, 0.05) is 23.0 Å². The lowest BCUT2D eigenvalue weighted by molar-refractivity contribution is -0.140. The van der Waals surface area contributed by atoms with Crippen molar-refractivity contribution in [1.29, 1.82) is 0 Å². The van der Waals surface area contributed by atoms with Crippen molar-refractivity contribution in [3.8, 4) is 0 Å². The van der Waals surface area contributed by atoms with Gasteiger partial charge >= 0.3 is 0 Å². The molecule has 2 amide bonds. The number of anilines is 1. The zero-order valence-electron chi connectivity index (χ0n) is 23.0. The van der Waals surface area contributed by atoms with Crippen molar-refractivity contribution in [3.05, 3.63) is 100 Å². The Hall–Kier alpha value is -3.17. The van der Waals surface area contributed by atoms with Crippen LogP contribution in [0.4, 0.5) is 5.69 Å². The van der Waals surface area contributed by atoms with E-state index >= 15 is 0 Å². The van der Waals surface area contributed by atoms with Crippen LogP contribution in [-0.2, 0) is 32.6 Å². The number of carbonyl (C=O) groups excluding carboxylic acids is 2.